The van der Waals surface area contributed by atoms with Gasteiger partial charge in [0.2, 0.25) is 0 Å². The number of hydrogen-bond acceptors (Lipinski definition) is 4. The second kappa shape index (κ2) is 4.49. The van der Waals surface area contributed by atoms with Gasteiger partial charge in [-0.25, -0.2) is 8.61 Å². The maximum atomic E-state index is 13.0. The molecule has 1 fully saturated rings. The van der Waals surface area contributed by atoms with E-state index in [4.69, 9.17) is 4.52 Å². The van der Waals surface area contributed by atoms with E-state index in [1.54, 1.807) is 4.31 Å². The zero-order chi connectivity index (χ0) is 15.5. The van der Waals surface area contributed by atoms with Crippen LogP contribution >= 0.6 is 0 Å². The fourth-order valence-corrected chi connectivity index (χ4v) is 4.85. The molecule has 0 amide bonds. The first-order valence-electron chi connectivity index (χ1n) is 7.33. The lowest BCUT2D eigenvalue weighted by molar-refractivity contribution is 0.392. The second-order valence-corrected chi connectivity index (χ2v) is 7.56. The van der Waals surface area contributed by atoms with Gasteiger partial charge in [-0.3, -0.25) is 0 Å². The third-order valence-electron chi connectivity index (χ3n) is 4.28. The maximum Gasteiger partial charge on any atom is 0.327 e. The van der Waals surface area contributed by atoms with Crippen molar-refractivity contribution in [1.82, 2.24) is 5.16 Å². The fourth-order valence-electron chi connectivity index (χ4n) is 2.95. The summed E-state index contributed by atoms with van der Waals surface area (Å²) in [4.78, 5) is 0. The van der Waals surface area contributed by atoms with Gasteiger partial charge < -0.3 is 4.52 Å². The van der Waals surface area contributed by atoms with Crippen LogP contribution in [0.2, 0.25) is 0 Å². The molecule has 0 N–H and O–H groups in total. The molecule has 0 saturated heterocycles. The lowest BCUT2D eigenvalue weighted by atomic mass is 10.2. The Morgan fingerprint density at radius 2 is 1.91 bits per heavy atom. The molecular formula is C15H17N3O3S. The molecular weight excluding hydrogens is 302 g/mol. The standard InChI is InChI=1S/C15H17N3O3S/c1-10-13(11(2)21-16-10)9-17-14-5-3-4-6-15(14)18(12-7-8-12)22(17,19)20/h3-6,12H,7-9H2,1-2H3. The van der Waals surface area contributed by atoms with Gasteiger partial charge in [-0.2, -0.15) is 8.42 Å². The van der Waals surface area contributed by atoms with Crippen molar-refractivity contribution in [3.05, 3.63) is 41.3 Å². The van der Waals surface area contributed by atoms with E-state index < -0.39 is 10.2 Å². The largest absolute Gasteiger partial charge is 0.361 e. The third kappa shape index (κ3) is 1.85. The highest BCUT2D eigenvalue weighted by molar-refractivity contribution is 7.94. The van der Waals surface area contributed by atoms with Gasteiger partial charge in [-0.05, 0) is 38.8 Å². The van der Waals surface area contributed by atoms with E-state index in [2.05, 4.69) is 5.16 Å². The third-order valence-corrected chi connectivity index (χ3v) is 6.15. The van der Waals surface area contributed by atoms with Crippen molar-refractivity contribution in [2.75, 3.05) is 8.61 Å². The monoisotopic (exact) mass is 319 g/mol. The maximum absolute atomic E-state index is 13.0. The first-order chi connectivity index (χ1) is 10.5. The molecule has 0 bridgehead atoms. The molecule has 1 aromatic heterocycles. The summed E-state index contributed by atoms with van der Waals surface area (Å²) in [5.41, 5.74) is 3.07. The number of hydrogen-bond donors (Lipinski definition) is 0. The van der Waals surface area contributed by atoms with Gasteiger partial charge in [0.15, 0.2) is 0 Å². The molecule has 22 heavy (non-hydrogen) atoms. The lowest BCUT2D eigenvalue weighted by Crippen LogP contribution is -2.39. The van der Waals surface area contributed by atoms with Crippen LogP contribution in [0.15, 0.2) is 28.8 Å². The van der Waals surface area contributed by atoms with Gasteiger partial charge in [-0.1, -0.05) is 17.3 Å². The van der Waals surface area contributed by atoms with Crippen molar-refractivity contribution in [2.45, 2.75) is 39.3 Å². The number of nitrogens with zero attached hydrogens (tertiary/aromatic N) is 3. The second-order valence-electron chi connectivity index (χ2n) is 5.83. The Labute approximate surface area is 129 Å². The van der Waals surface area contributed by atoms with Gasteiger partial charge in [-0.15, -0.1) is 0 Å². The number of fused-ring (bicyclic) bond motifs is 1. The van der Waals surface area contributed by atoms with Crippen LogP contribution in [0.4, 0.5) is 11.4 Å². The molecule has 2 aliphatic rings. The summed E-state index contributed by atoms with van der Waals surface area (Å²) in [6.07, 6.45) is 1.85. The summed E-state index contributed by atoms with van der Waals surface area (Å²) < 4.78 is 34.2. The highest BCUT2D eigenvalue weighted by atomic mass is 32.2. The first kappa shape index (κ1) is 13.6. The van der Waals surface area contributed by atoms with E-state index in [1.165, 1.54) is 4.31 Å². The van der Waals surface area contributed by atoms with Crippen LogP contribution in [0.5, 0.6) is 0 Å². The highest BCUT2D eigenvalue weighted by Gasteiger charge is 2.47. The zero-order valence-electron chi connectivity index (χ0n) is 12.5. The van der Waals surface area contributed by atoms with E-state index >= 15 is 0 Å². The Kier molecular flexibility index (Phi) is 2.78. The van der Waals surface area contributed by atoms with Crippen LogP contribution in [-0.4, -0.2) is 19.6 Å². The minimum absolute atomic E-state index is 0.0980. The molecule has 1 aliphatic heterocycles. The molecule has 1 aliphatic carbocycles. The number of para-hydroxylation sites is 2. The van der Waals surface area contributed by atoms with Crippen LogP contribution in [-0.2, 0) is 16.8 Å². The van der Waals surface area contributed by atoms with Crippen LogP contribution in [0, 0.1) is 13.8 Å². The molecule has 2 heterocycles. The van der Waals surface area contributed by atoms with Crippen molar-refractivity contribution in [3.63, 3.8) is 0 Å². The Balaban J connectivity index is 1.82. The van der Waals surface area contributed by atoms with Crippen LogP contribution < -0.4 is 8.61 Å². The molecule has 4 rings (SSSR count). The fraction of sp³-hybridized carbons (Fsp3) is 0.400. The van der Waals surface area contributed by atoms with Crippen molar-refractivity contribution < 1.29 is 12.9 Å². The van der Waals surface area contributed by atoms with E-state index in [1.807, 2.05) is 38.1 Å². The number of benzene rings is 1. The van der Waals surface area contributed by atoms with Crippen LogP contribution in [0.25, 0.3) is 0 Å². The zero-order valence-corrected chi connectivity index (χ0v) is 13.3. The summed E-state index contributed by atoms with van der Waals surface area (Å²) in [7, 11) is -3.54. The molecule has 0 unspecified atom stereocenters. The lowest BCUT2D eigenvalue weighted by Gasteiger charge is -2.21. The number of anilines is 2. The van der Waals surface area contributed by atoms with Gasteiger partial charge in [0.1, 0.15) is 5.76 Å². The number of rotatable bonds is 3. The van der Waals surface area contributed by atoms with Gasteiger partial charge >= 0.3 is 10.2 Å². The van der Waals surface area contributed by atoms with Crippen LogP contribution in [0.1, 0.15) is 29.9 Å². The molecule has 6 nitrogen and oxygen atoms in total. The molecule has 2 aromatic rings. The number of aryl methyl sites for hydroxylation is 2. The Hall–Kier alpha value is -2.02. The van der Waals surface area contributed by atoms with Crippen molar-refractivity contribution >= 4 is 21.6 Å². The number of aromatic nitrogens is 1. The molecule has 1 saturated carbocycles. The van der Waals surface area contributed by atoms with Crippen molar-refractivity contribution in [3.8, 4) is 0 Å². The summed E-state index contributed by atoms with van der Waals surface area (Å²) in [6.45, 7) is 3.89. The van der Waals surface area contributed by atoms with Gasteiger partial charge in [0.25, 0.3) is 0 Å². The minimum atomic E-state index is -3.54. The molecule has 116 valence electrons. The molecule has 7 heteroatoms. The SMILES string of the molecule is Cc1noc(C)c1CN1c2ccccc2N(C2CC2)S1(=O)=O. The summed E-state index contributed by atoms with van der Waals surface area (Å²) in [6, 6.07) is 7.57. The Morgan fingerprint density at radius 1 is 1.23 bits per heavy atom. The first-order valence-corrected chi connectivity index (χ1v) is 8.72. The predicted octanol–water partition coefficient (Wildman–Crippen LogP) is 2.53. The smallest absolute Gasteiger partial charge is 0.327 e. The van der Waals surface area contributed by atoms with E-state index in [0.717, 1.165) is 35.5 Å². The quantitative estimate of drug-likeness (QED) is 0.872. The molecule has 0 radical (unpaired) electrons. The van der Waals surface area contributed by atoms with Gasteiger partial charge in [0, 0.05) is 11.6 Å². The summed E-state index contributed by atoms with van der Waals surface area (Å²) >= 11 is 0. The normalized spacial score (nSPS) is 19.5. The average molecular weight is 319 g/mol. The molecule has 0 spiro atoms. The van der Waals surface area contributed by atoms with E-state index in [-0.39, 0.29) is 12.6 Å². The molecule has 1 aromatic carbocycles. The Bertz CT molecular complexity index is 820. The topological polar surface area (TPSA) is 66.7 Å². The van der Waals surface area contributed by atoms with E-state index in [0.29, 0.717) is 5.76 Å². The highest BCUT2D eigenvalue weighted by Crippen LogP contribution is 2.47. The van der Waals surface area contributed by atoms with Crippen LogP contribution in [0.3, 0.4) is 0 Å². The predicted molar refractivity (Wildman–Crippen MR) is 83.0 cm³/mol. The van der Waals surface area contributed by atoms with E-state index in [9.17, 15) is 8.42 Å². The minimum Gasteiger partial charge on any atom is -0.361 e. The molecule has 0 atom stereocenters. The van der Waals surface area contributed by atoms with Gasteiger partial charge in [0.05, 0.1) is 23.6 Å². The van der Waals surface area contributed by atoms with Crippen molar-refractivity contribution in [1.29, 1.82) is 0 Å². The average Bonchev–Trinajstić information content (AvgIpc) is 3.21. The Morgan fingerprint density at radius 3 is 2.50 bits per heavy atom. The summed E-state index contributed by atoms with van der Waals surface area (Å²) in [5.74, 6) is 0.662. The van der Waals surface area contributed by atoms with Crippen molar-refractivity contribution in [2.24, 2.45) is 0 Å². The summed E-state index contributed by atoms with van der Waals surface area (Å²) in [5, 5.41) is 3.92.